The van der Waals surface area contributed by atoms with Crippen LogP contribution in [0.15, 0.2) is 30.3 Å². The lowest BCUT2D eigenvalue weighted by molar-refractivity contribution is -0.124. The van der Waals surface area contributed by atoms with E-state index in [-0.39, 0.29) is 11.3 Å². The maximum Gasteiger partial charge on any atom is 0.244 e. The molecular weight excluding hydrogens is 176 g/mol. The first-order valence-electron chi connectivity index (χ1n) is 4.82. The van der Waals surface area contributed by atoms with E-state index in [0.29, 0.717) is 0 Å². The molecule has 3 nitrogen and oxygen atoms in total. The summed E-state index contributed by atoms with van der Waals surface area (Å²) in [7, 11) is 1.71. The lowest BCUT2D eigenvalue weighted by Crippen LogP contribution is -2.41. The molecule has 3 heteroatoms. The zero-order valence-electron chi connectivity index (χ0n) is 8.21. The van der Waals surface area contributed by atoms with Gasteiger partial charge in [-0.1, -0.05) is 30.3 Å². The summed E-state index contributed by atoms with van der Waals surface area (Å²) in [6.07, 6.45) is 1.90. The van der Waals surface area contributed by atoms with Crippen molar-refractivity contribution in [1.29, 1.82) is 0 Å². The smallest absolute Gasteiger partial charge is 0.244 e. The van der Waals surface area contributed by atoms with Crippen LogP contribution in [0.4, 0.5) is 0 Å². The maximum absolute atomic E-state index is 11.8. The van der Waals surface area contributed by atoms with Gasteiger partial charge in [0.05, 0.1) is 5.41 Å². The van der Waals surface area contributed by atoms with Gasteiger partial charge in [-0.25, -0.2) is 5.43 Å². The number of nitrogens with one attached hydrogen (secondary N) is 2. The molecule has 2 rings (SSSR count). The van der Waals surface area contributed by atoms with Gasteiger partial charge in [0.1, 0.15) is 0 Å². The molecule has 1 amide bonds. The van der Waals surface area contributed by atoms with Gasteiger partial charge in [0.2, 0.25) is 5.91 Å². The summed E-state index contributed by atoms with van der Waals surface area (Å²) in [6, 6.07) is 9.95. The highest BCUT2D eigenvalue weighted by Crippen LogP contribution is 2.48. The Labute approximate surface area is 83.5 Å². The van der Waals surface area contributed by atoms with Crippen LogP contribution in [0.5, 0.6) is 0 Å². The first kappa shape index (κ1) is 9.21. The molecule has 0 aromatic heterocycles. The molecular formula is C11H14N2O. The summed E-state index contributed by atoms with van der Waals surface area (Å²) in [5.74, 6) is 0.0752. The third-order valence-corrected chi connectivity index (χ3v) is 2.75. The zero-order chi connectivity index (χ0) is 10.0. The molecule has 1 aromatic rings. The van der Waals surface area contributed by atoms with Gasteiger partial charge in [0.25, 0.3) is 0 Å². The molecule has 0 bridgehead atoms. The fraction of sp³-hybridized carbons (Fsp3) is 0.364. The number of carbonyl (C=O) groups is 1. The quantitative estimate of drug-likeness (QED) is 0.697. The molecule has 0 saturated heterocycles. The Bertz CT molecular complexity index is 330. The molecule has 0 atom stereocenters. The second kappa shape index (κ2) is 3.42. The number of hydrogen-bond donors (Lipinski definition) is 2. The minimum absolute atomic E-state index is 0.0752. The van der Waals surface area contributed by atoms with E-state index in [9.17, 15) is 4.79 Å². The molecule has 1 aliphatic rings. The summed E-state index contributed by atoms with van der Waals surface area (Å²) >= 11 is 0. The summed E-state index contributed by atoms with van der Waals surface area (Å²) in [6.45, 7) is 0. The lowest BCUT2D eigenvalue weighted by Gasteiger charge is -2.14. The van der Waals surface area contributed by atoms with Crippen molar-refractivity contribution in [2.45, 2.75) is 18.3 Å². The summed E-state index contributed by atoms with van der Waals surface area (Å²) in [5, 5.41) is 0. The van der Waals surface area contributed by atoms with Crippen LogP contribution in [0, 0.1) is 0 Å². The van der Waals surface area contributed by atoms with Gasteiger partial charge in [0, 0.05) is 7.05 Å². The fourth-order valence-electron chi connectivity index (χ4n) is 1.76. The van der Waals surface area contributed by atoms with E-state index >= 15 is 0 Å². The molecule has 1 fully saturated rings. The predicted octanol–water partition coefficient (Wildman–Crippen LogP) is 0.969. The minimum atomic E-state index is -0.260. The monoisotopic (exact) mass is 190 g/mol. The largest absolute Gasteiger partial charge is 0.291 e. The van der Waals surface area contributed by atoms with Crippen LogP contribution in [-0.4, -0.2) is 13.0 Å². The Morgan fingerprint density at radius 2 is 1.93 bits per heavy atom. The minimum Gasteiger partial charge on any atom is -0.291 e. The van der Waals surface area contributed by atoms with Crippen LogP contribution in [0.1, 0.15) is 18.4 Å². The van der Waals surface area contributed by atoms with E-state index in [1.165, 1.54) is 0 Å². The molecule has 1 aromatic carbocycles. The zero-order valence-corrected chi connectivity index (χ0v) is 8.21. The van der Waals surface area contributed by atoms with Gasteiger partial charge in [-0.2, -0.15) is 0 Å². The van der Waals surface area contributed by atoms with Gasteiger partial charge in [0.15, 0.2) is 0 Å². The van der Waals surface area contributed by atoms with Crippen molar-refractivity contribution in [3.8, 4) is 0 Å². The molecule has 2 N–H and O–H groups in total. The van der Waals surface area contributed by atoms with Gasteiger partial charge >= 0.3 is 0 Å². The van der Waals surface area contributed by atoms with Crippen molar-refractivity contribution in [1.82, 2.24) is 10.9 Å². The second-order valence-corrected chi connectivity index (χ2v) is 3.65. The fourth-order valence-corrected chi connectivity index (χ4v) is 1.76. The van der Waals surface area contributed by atoms with Gasteiger partial charge < -0.3 is 0 Å². The first-order valence-corrected chi connectivity index (χ1v) is 4.82. The van der Waals surface area contributed by atoms with E-state index in [2.05, 4.69) is 10.9 Å². The molecule has 1 aliphatic carbocycles. The van der Waals surface area contributed by atoms with Crippen LogP contribution < -0.4 is 10.9 Å². The highest BCUT2D eigenvalue weighted by Gasteiger charge is 2.51. The Kier molecular flexibility index (Phi) is 2.25. The molecule has 0 spiro atoms. The Balaban J connectivity index is 2.21. The molecule has 0 radical (unpaired) electrons. The number of hydrogen-bond acceptors (Lipinski definition) is 2. The van der Waals surface area contributed by atoms with Gasteiger partial charge in [-0.3, -0.25) is 10.2 Å². The van der Waals surface area contributed by atoms with Crippen molar-refractivity contribution in [3.05, 3.63) is 35.9 Å². The van der Waals surface area contributed by atoms with E-state index in [0.717, 1.165) is 18.4 Å². The summed E-state index contributed by atoms with van der Waals surface area (Å²) in [4.78, 5) is 11.8. The first-order chi connectivity index (χ1) is 6.79. The Morgan fingerprint density at radius 3 is 2.43 bits per heavy atom. The lowest BCUT2D eigenvalue weighted by atomic mass is 9.95. The molecule has 14 heavy (non-hydrogen) atoms. The van der Waals surface area contributed by atoms with E-state index in [1.54, 1.807) is 7.05 Å². The van der Waals surface area contributed by atoms with Gasteiger partial charge in [-0.15, -0.1) is 0 Å². The van der Waals surface area contributed by atoms with Crippen molar-refractivity contribution in [3.63, 3.8) is 0 Å². The molecule has 1 saturated carbocycles. The van der Waals surface area contributed by atoms with E-state index in [4.69, 9.17) is 0 Å². The molecule has 0 unspecified atom stereocenters. The molecule has 0 heterocycles. The number of benzene rings is 1. The second-order valence-electron chi connectivity index (χ2n) is 3.65. The van der Waals surface area contributed by atoms with E-state index < -0.39 is 0 Å². The predicted molar refractivity (Wildman–Crippen MR) is 54.6 cm³/mol. The number of amides is 1. The summed E-state index contributed by atoms with van der Waals surface area (Å²) in [5.41, 5.74) is 6.20. The average molecular weight is 190 g/mol. The van der Waals surface area contributed by atoms with Crippen LogP contribution in [-0.2, 0) is 10.2 Å². The number of rotatable bonds is 3. The SMILES string of the molecule is CNNC(=O)C1(c2ccccc2)CC1. The van der Waals surface area contributed by atoms with E-state index in [1.807, 2.05) is 30.3 Å². The third kappa shape index (κ3) is 1.40. The Hall–Kier alpha value is -1.35. The highest BCUT2D eigenvalue weighted by atomic mass is 16.2. The summed E-state index contributed by atoms with van der Waals surface area (Å²) < 4.78 is 0. The maximum atomic E-state index is 11.8. The van der Waals surface area contributed by atoms with Crippen molar-refractivity contribution < 1.29 is 4.79 Å². The topological polar surface area (TPSA) is 41.1 Å². The van der Waals surface area contributed by atoms with Crippen molar-refractivity contribution in [2.24, 2.45) is 0 Å². The normalized spacial score (nSPS) is 17.5. The van der Waals surface area contributed by atoms with Crippen molar-refractivity contribution >= 4 is 5.91 Å². The standard InChI is InChI=1S/C11H14N2O/c1-12-13-10(14)11(7-8-11)9-5-3-2-4-6-9/h2-6,12H,7-8H2,1H3,(H,13,14). The van der Waals surface area contributed by atoms with Crippen LogP contribution in [0.25, 0.3) is 0 Å². The molecule has 0 aliphatic heterocycles. The average Bonchev–Trinajstić information content (AvgIpc) is 3.00. The third-order valence-electron chi connectivity index (χ3n) is 2.75. The van der Waals surface area contributed by atoms with Crippen LogP contribution in [0.2, 0.25) is 0 Å². The van der Waals surface area contributed by atoms with Crippen LogP contribution in [0.3, 0.4) is 0 Å². The van der Waals surface area contributed by atoms with Gasteiger partial charge in [-0.05, 0) is 18.4 Å². The number of hydrazine groups is 1. The Morgan fingerprint density at radius 1 is 1.29 bits per heavy atom. The van der Waals surface area contributed by atoms with Crippen molar-refractivity contribution in [2.75, 3.05) is 7.05 Å². The van der Waals surface area contributed by atoms with Crippen LogP contribution >= 0.6 is 0 Å². The molecule has 74 valence electrons. The highest BCUT2D eigenvalue weighted by molar-refractivity contribution is 5.90. The number of carbonyl (C=O) groups excluding carboxylic acids is 1.